The van der Waals surface area contributed by atoms with E-state index in [4.69, 9.17) is 9.47 Å². The summed E-state index contributed by atoms with van der Waals surface area (Å²) in [6, 6.07) is 10.8. The van der Waals surface area contributed by atoms with Crippen molar-refractivity contribution < 1.29 is 14.3 Å². The molecule has 5 nitrogen and oxygen atoms in total. The maximum absolute atomic E-state index is 12.3. The van der Waals surface area contributed by atoms with Crippen LogP contribution in [-0.2, 0) is 5.54 Å². The summed E-state index contributed by atoms with van der Waals surface area (Å²) in [5.41, 5.74) is 0.722. The van der Waals surface area contributed by atoms with E-state index in [9.17, 15) is 4.79 Å². The molecule has 0 saturated carbocycles. The summed E-state index contributed by atoms with van der Waals surface area (Å²) in [4.78, 5) is 16.3. The topological polar surface area (TPSA) is 60.5 Å². The summed E-state index contributed by atoms with van der Waals surface area (Å²) in [5, 5.41) is 2.98. The number of pyridine rings is 1. The summed E-state index contributed by atoms with van der Waals surface area (Å²) in [6.45, 7) is 3.85. The van der Waals surface area contributed by atoms with Gasteiger partial charge in [0.15, 0.2) is 11.5 Å². The van der Waals surface area contributed by atoms with Crippen molar-refractivity contribution >= 4 is 5.91 Å². The third kappa shape index (κ3) is 3.36. The first-order chi connectivity index (χ1) is 10.5. The van der Waals surface area contributed by atoms with Gasteiger partial charge in [-0.1, -0.05) is 12.1 Å². The lowest BCUT2D eigenvalue weighted by Gasteiger charge is -2.27. The second kappa shape index (κ2) is 6.47. The molecule has 1 aromatic heterocycles. The highest BCUT2D eigenvalue weighted by atomic mass is 16.5. The van der Waals surface area contributed by atoms with Crippen molar-refractivity contribution in [3.8, 4) is 11.5 Å². The van der Waals surface area contributed by atoms with Crippen LogP contribution in [0.2, 0.25) is 0 Å². The number of hydrogen-bond donors (Lipinski definition) is 1. The van der Waals surface area contributed by atoms with Gasteiger partial charge < -0.3 is 14.8 Å². The van der Waals surface area contributed by atoms with Gasteiger partial charge in [0.25, 0.3) is 5.91 Å². The molecule has 2 rings (SSSR count). The van der Waals surface area contributed by atoms with E-state index in [0.29, 0.717) is 17.2 Å². The highest BCUT2D eigenvalue weighted by Crippen LogP contribution is 2.32. The minimum absolute atomic E-state index is 0.222. The van der Waals surface area contributed by atoms with Gasteiger partial charge in [0, 0.05) is 6.20 Å². The highest BCUT2D eigenvalue weighted by Gasteiger charge is 2.25. The molecular formula is C17H20N2O3. The number of carbonyl (C=O) groups is 1. The van der Waals surface area contributed by atoms with E-state index in [2.05, 4.69) is 10.3 Å². The summed E-state index contributed by atoms with van der Waals surface area (Å²) in [5.74, 6) is 1.05. The molecule has 2 aromatic rings. The Morgan fingerprint density at radius 1 is 1.09 bits per heavy atom. The molecule has 0 atom stereocenters. The smallest absolute Gasteiger partial charge is 0.270 e. The van der Waals surface area contributed by atoms with Crippen molar-refractivity contribution in [1.29, 1.82) is 0 Å². The molecule has 22 heavy (non-hydrogen) atoms. The van der Waals surface area contributed by atoms with Crippen LogP contribution in [0, 0.1) is 0 Å². The quantitative estimate of drug-likeness (QED) is 0.922. The lowest BCUT2D eigenvalue weighted by molar-refractivity contribution is 0.0906. The van der Waals surface area contributed by atoms with Crippen LogP contribution >= 0.6 is 0 Å². The summed E-state index contributed by atoms with van der Waals surface area (Å²) < 4.78 is 10.5. The Bertz CT molecular complexity index is 654. The van der Waals surface area contributed by atoms with Gasteiger partial charge in [-0.15, -0.1) is 0 Å². The average molecular weight is 300 g/mol. The van der Waals surface area contributed by atoms with Crippen LogP contribution in [0.4, 0.5) is 0 Å². The van der Waals surface area contributed by atoms with E-state index < -0.39 is 5.54 Å². The molecule has 1 N–H and O–H groups in total. The predicted molar refractivity (Wildman–Crippen MR) is 84.3 cm³/mol. The third-order valence-electron chi connectivity index (χ3n) is 3.43. The predicted octanol–water partition coefficient (Wildman–Crippen LogP) is 2.76. The molecule has 0 radical (unpaired) electrons. The van der Waals surface area contributed by atoms with Gasteiger partial charge in [0.05, 0.1) is 19.8 Å². The van der Waals surface area contributed by atoms with Crippen molar-refractivity contribution in [2.45, 2.75) is 19.4 Å². The average Bonchev–Trinajstić information content (AvgIpc) is 2.54. The monoisotopic (exact) mass is 300 g/mol. The fourth-order valence-electron chi connectivity index (χ4n) is 2.14. The first-order valence-electron chi connectivity index (χ1n) is 6.94. The van der Waals surface area contributed by atoms with Crippen LogP contribution in [0.5, 0.6) is 11.5 Å². The third-order valence-corrected chi connectivity index (χ3v) is 3.43. The molecule has 116 valence electrons. The fraction of sp³-hybridized carbons (Fsp3) is 0.294. The molecule has 0 aliphatic carbocycles. The zero-order valence-corrected chi connectivity index (χ0v) is 13.2. The Morgan fingerprint density at radius 2 is 1.82 bits per heavy atom. The van der Waals surface area contributed by atoms with Gasteiger partial charge in [-0.05, 0) is 43.7 Å². The molecule has 1 amide bonds. The van der Waals surface area contributed by atoms with Crippen LogP contribution in [-0.4, -0.2) is 25.1 Å². The van der Waals surface area contributed by atoms with E-state index in [-0.39, 0.29) is 5.91 Å². The zero-order valence-electron chi connectivity index (χ0n) is 13.2. The number of ether oxygens (including phenoxy) is 2. The molecule has 0 spiro atoms. The Labute approximate surface area is 130 Å². The molecule has 0 aliphatic rings. The molecule has 5 heteroatoms. The molecule has 0 aliphatic heterocycles. The number of carbonyl (C=O) groups excluding carboxylic acids is 1. The number of benzene rings is 1. The van der Waals surface area contributed by atoms with Gasteiger partial charge in [0.1, 0.15) is 5.69 Å². The van der Waals surface area contributed by atoms with Gasteiger partial charge in [-0.3, -0.25) is 9.78 Å². The Morgan fingerprint density at radius 3 is 2.41 bits per heavy atom. The van der Waals surface area contributed by atoms with Crippen LogP contribution in [0.15, 0.2) is 42.6 Å². The SMILES string of the molecule is COc1ccc(C(C)(C)NC(=O)c2ccccn2)cc1OC. The van der Waals surface area contributed by atoms with Gasteiger partial charge in [-0.2, -0.15) is 0 Å². The van der Waals surface area contributed by atoms with Gasteiger partial charge in [-0.25, -0.2) is 0 Å². The summed E-state index contributed by atoms with van der Waals surface area (Å²) >= 11 is 0. The van der Waals surface area contributed by atoms with Crippen LogP contribution < -0.4 is 14.8 Å². The second-order valence-corrected chi connectivity index (χ2v) is 5.36. The fourth-order valence-corrected chi connectivity index (χ4v) is 2.14. The largest absolute Gasteiger partial charge is 0.493 e. The van der Waals surface area contributed by atoms with Crippen molar-refractivity contribution in [2.75, 3.05) is 14.2 Å². The first-order valence-corrected chi connectivity index (χ1v) is 6.94. The van der Waals surface area contributed by atoms with Crippen LogP contribution in [0.3, 0.4) is 0 Å². The number of nitrogens with zero attached hydrogens (tertiary/aromatic N) is 1. The van der Waals surface area contributed by atoms with Crippen molar-refractivity contribution in [2.24, 2.45) is 0 Å². The number of rotatable bonds is 5. The van der Waals surface area contributed by atoms with E-state index >= 15 is 0 Å². The number of amides is 1. The maximum Gasteiger partial charge on any atom is 0.270 e. The van der Waals surface area contributed by atoms with E-state index in [1.54, 1.807) is 38.6 Å². The van der Waals surface area contributed by atoms with E-state index in [1.807, 2.05) is 32.0 Å². The lowest BCUT2D eigenvalue weighted by atomic mass is 9.93. The number of methoxy groups -OCH3 is 2. The van der Waals surface area contributed by atoms with Crippen LogP contribution in [0.25, 0.3) is 0 Å². The molecule has 0 fully saturated rings. The Hall–Kier alpha value is -2.56. The van der Waals surface area contributed by atoms with Crippen molar-refractivity contribution in [1.82, 2.24) is 10.3 Å². The summed E-state index contributed by atoms with van der Waals surface area (Å²) in [6.07, 6.45) is 1.60. The normalized spacial score (nSPS) is 10.9. The highest BCUT2D eigenvalue weighted by molar-refractivity contribution is 5.92. The van der Waals surface area contributed by atoms with E-state index in [0.717, 1.165) is 5.56 Å². The number of nitrogens with one attached hydrogen (secondary N) is 1. The van der Waals surface area contributed by atoms with Gasteiger partial charge in [0.2, 0.25) is 0 Å². The number of hydrogen-bond acceptors (Lipinski definition) is 4. The second-order valence-electron chi connectivity index (χ2n) is 5.36. The minimum atomic E-state index is -0.575. The molecule has 0 unspecified atom stereocenters. The Balaban J connectivity index is 2.25. The van der Waals surface area contributed by atoms with Crippen LogP contribution in [0.1, 0.15) is 29.9 Å². The zero-order chi connectivity index (χ0) is 16.2. The van der Waals surface area contributed by atoms with Crippen molar-refractivity contribution in [3.63, 3.8) is 0 Å². The molecule has 0 bridgehead atoms. The molecule has 1 aromatic carbocycles. The van der Waals surface area contributed by atoms with Gasteiger partial charge >= 0.3 is 0 Å². The molecular weight excluding hydrogens is 280 g/mol. The minimum Gasteiger partial charge on any atom is -0.493 e. The molecule has 0 saturated heterocycles. The molecule has 1 heterocycles. The number of aromatic nitrogens is 1. The lowest BCUT2D eigenvalue weighted by Crippen LogP contribution is -2.41. The standard InChI is InChI=1S/C17H20N2O3/c1-17(2,19-16(20)13-7-5-6-10-18-13)12-8-9-14(21-3)15(11-12)22-4/h5-11H,1-4H3,(H,19,20). The summed E-state index contributed by atoms with van der Waals surface area (Å²) in [7, 11) is 3.17. The first kappa shape index (κ1) is 15.8. The maximum atomic E-state index is 12.3. The Kier molecular flexibility index (Phi) is 4.65. The van der Waals surface area contributed by atoms with Crippen molar-refractivity contribution in [3.05, 3.63) is 53.9 Å². The van der Waals surface area contributed by atoms with E-state index in [1.165, 1.54) is 0 Å².